The lowest BCUT2D eigenvalue weighted by molar-refractivity contribution is 0.0188. The molecular weight excluding hydrogens is 208 g/mol. The van der Waals surface area contributed by atoms with Crippen LogP contribution in [0.25, 0.3) is 0 Å². The number of piperazine rings is 1. The quantitative estimate of drug-likeness (QED) is 0.739. The van der Waals surface area contributed by atoms with Gasteiger partial charge in [-0.25, -0.2) is 0 Å². The van der Waals surface area contributed by atoms with E-state index in [1.807, 2.05) is 0 Å². The molecule has 96 valence electrons. The molecule has 3 fully saturated rings. The summed E-state index contributed by atoms with van der Waals surface area (Å²) in [6.07, 6.45) is 13.3. The first-order valence-electron chi connectivity index (χ1n) is 7.40. The number of rotatable bonds is 2. The van der Waals surface area contributed by atoms with Crippen LogP contribution in [0.5, 0.6) is 0 Å². The number of nitrogens with zero attached hydrogens (tertiary/aromatic N) is 1. The van der Waals surface area contributed by atoms with Gasteiger partial charge in [0.15, 0.2) is 0 Å². The lowest BCUT2D eigenvalue weighted by atomic mass is 9.84. The van der Waals surface area contributed by atoms with Crippen LogP contribution in [0.15, 0.2) is 12.7 Å². The zero-order valence-corrected chi connectivity index (χ0v) is 11.0. The molecule has 0 aromatic rings. The summed E-state index contributed by atoms with van der Waals surface area (Å²) in [5, 5.41) is 3.94. The van der Waals surface area contributed by atoms with Gasteiger partial charge in [0.25, 0.3) is 0 Å². The van der Waals surface area contributed by atoms with E-state index in [1.165, 1.54) is 64.5 Å². The van der Waals surface area contributed by atoms with E-state index in [0.717, 1.165) is 6.54 Å². The maximum absolute atomic E-state index is 3.96. The van der Waals surface area contributed by atoms with Gasteiger partial charge in [-0.15, -0.1) is 6.58 Å². The Bertz CT molecular complexity index is 285. The van der Waals surface area contributed by atoms with Gasteiger partial charge in [-0.3, -0.25) is 4.90 Å². The predicted molar refractivity (Wildman–Crippen MR) is 72.2 cm³/mol. The molecule has 1 aliphatic heterocycles. The van der Waals surface area contributed by atoms with E-state index >= 15 is 0 Å². The second-order valence-electron chi connectivity index (χ2n) is 6.44. The number of nitrogens with one attached hydrogen (secondary N) is 1. The Morgan fingerprint density at radius 1 is 1.06 bits per heavy atom. The number of hydrogen-bond acceptors (Lipinski definition) is 2. The van der Waals surface area contributed by atoms with E-state index in [-0.39, 0.29) is 0 Å². The molecule has 0 bridgehead atoms. The zero-order chi connectivity index (χ0) is 11.8. The Hall–Kier alpha value is -0.340. The fourth-order valence-corrected chi connectivity index (χ4v) is 4.38. The summed E-state index contributed by atoms with van der Waals surface area (Å²) < 4.78 is 0. The van der Waals surface area contributed by atoms with Crippen molar-refractivity contribution in [2.24, 2.45) is 0 Å². The smallest absolute Gasteiger partial charge is 0.0338 e. The summed E-state index contributed by atoms with van der Waals surface area (Å²) in [6, 6.07) is 0. The standard InChI is InChI=1S/C15H26N2/c1-2-11-17-13-14(7-3-4-8-14)16-12-15(17)9-5-6-10-15/h2,16H,1,3-13H2. The van der Waals surface area contributed by atoms with Gasteiger partial charge >= 0.3 is 0 Å². The molecule has 0 amide bonds. The van der Waals surface area contributed by atoms with Crippen LogP contribution in [-0.2, 0) is 0 Å². The van der Waals surface area contributed by atoms with Gasteiger partial charge < -0.3 is 5.32 Å². The molecule has 0 atom stereocenters. The van der Waals surface area contributed by atoms with E-state index in [1.54, 1.807) is 0 Å². The Morgan fingerprint density at radius 2 is 1.71 bits per heavy atom. The van der Waals surface area contributed by atoms with E-state index in [4.69, 9.17) is 0 Å². The summed E-state index contributed by atoms with van der Waals surface area (Å²) in [5.41, 5.74) is 0.929. The molecule has 0 aromatic heterocycles. The second-order valence-corrected chi connectivity index (χ2v) is 6.44. The van der Waals surface area contributed by atoms with Crippen LogP contribution in [0.1, 0.15) is 51.4 Å². The SMILES string of the molecule is C=CCN1CC2(CCCC2)NCC12CCCC2. The fourth-order valence-electron chi connectivity index (χ4n) is 4.38. The first-order valence-corrected chi connectivity index (χ1v) is 7.40. The average molecular weight is 234 g/mol. The molecule has 2 aliphatic carbocycles. The predicted octanol–water partition coefficient (Wildman–Crippen LogP) is 2.70. The summed E-state index contributed by atoms with van der Waals surface area (Å²) in [7, 11) is 0. The van der Waals surface area contributed by atoms with Crippen molar-refractivity contribution in [2.45, 2.75) is 62.4 Å². The molecule has 2 spiro atoms. The maximum Gasteiger partial charge on any atom is 0.0338 e. The highest BCUT2D eigenvalue weighted by molar-refractivity contribution is 5.09. The van der Waals surface area contributed by atoms with Crippen LogP contribution in [-0.4, -0.2) is 35.6 Å². The highest BCUT2D eigenvalue weighted by atomic mass is 15.3. The van der Waals surface area contributed by atoms with E-state index in [2.05, 4.69) is 22.9 Å². The molecule has 17 heavy (non-hydrogen) atoms. The molecule has 1 N–H and O–H groups in total. The lowest BCUT2D eigenvalue weighted by Gasteiger charge is -2.52. The minimum absolute atomic E-state index is 0.455. The summed E-state index contributed by atoms with van der Waals surface area (Å²) in [6.45, 7) is 7.54. The van der Waals surface area contributed by atoms with Gasteiger partial charge in [-0.05, 0) is 25.7 Å². The molecular formula is C15H26N2. The van der Waals surface area contributed by atoms with Crippen LogP contribution in [0.3, 0.4) is 0 Å². The Balaban J connectivity index is 1.78. The largest absolute Gasteiger partial charge is 0.308 e. The minimum atomic E-state index is 0.455. The average Bonchev–Trinajstić information content (AvgIpc) is 2.95. The maximum atomic E-state index is 3.96. The van der Waals surface area contributed by atoms with Gasteiger partial charge in [-0.1, -0.05) is 31.8 Å². The van der Waals surface area contributed by atoms with Gasteiger partial charge in [0.05, 0.1) is 0 Å². The van der Waals surface area contributed by atoms with Gasteiger partial charge in [0.1, 0.15) is 0 Å². The summed E-state index contributed by atoms with van der Waals surface area (Å²) >= 11 is 0. The van der Waals surface area contributed by atoms with Gasteiger partial charge in [0, 0.05) is 30.7 Å². The van der Waals surface area contributed by atoms with Crippen LogP contribution >= 0.6 is 0 Å². The van der Waals surface area contributed by atoms with Crippen molar-refractivity contribution >= 4 is 0 Å². The molecule has 2 heteroatoms. The summed E-state index contributed by atoms with van der Waals surface area (Å²) in [5.74, 6) is 0. The molecule has 0 unspecified atom stereocenters. The van der Waals surface area contributed by atoms with Crippen molar-refractivity contribution in [3.8, 4) is 0 Å². The monoisotopic (exact) mass is 234 g/mol. The fraction of sp³-hybridized carbons (Fsp3) is 0.867. The minimum Gasteiger partial charge on any atom is -0.308 e. The van der Waals surface area contributed by atoms with Crippen molar-refractivity contribution in [1.82, 2.24) is 10.2 Å². The number of hydrogen-bond donors (Lipinski definition) is 1. The molecule has 2 nitrogen and oxygen atoms in total. The molecule has 0 radical (unpaired) electrons. The van der Waals surface area contributed by atoms with Crippen LogP contribution < -0.4 is 5.32 Å². The van der Waals surface area contributed by atoms with Crippen molar-refractivity contribution < 1.29 is 0 Å². The molecule has 2 saturated carbocycles. The Labute approximate surface area is 105 Å². The van der Waals surface area contributed by atoms with Crippen molar-refractivity contribution in [2.75, 3.05) is 19.6 Å². The zero-order valence-electron chi connectivity index (χ0n) is 11.0. The van der Waals surface area contributed by atoms with Gasteiger partial charge in [-0.2, -0.15) is 0 Å². The molecule has 3 rings (SSSR count). The van der Waals surface area contributed by atoms with E-state index < -0.39 is 0 Å². The highest BCUT2D eigenvalue weighted by Crippen LogP contribution is 2.42. The lowest BCUT2D eigenvalue weighted by Crippen LogP contribution is -2.68. The first-order chi connectivity index (χ1) is 8.29. The first kappa shape index (κ1) is 11.7. The van der Waals surface area contributed by atoms with Crippen LogP contribution in [0.4, 0.5) is 0 Å². The van der Waals surface area contributed by atoms with Crippen molar-refractivity contribution in [3.05, 3.63) is 12.7 Å². The van der Waals surface area contributed by atoms with E-state index in [9.17, 15) is 0 Å². The van der Waals surface area contributed by atoms with Gasteiger partial charge in [0.2, 0.25) is 0 Å². The molecule has 0 aromatic carbocycles. The third kappa shape index (κ3) is 1.96. The van der Waals surface area contributed by atoms with Crippen molar-refractivity contribution in [3.63, 3.8) is 0 Å². The van der Waals surface area contributed by atoms with Crippen molar-refractivity contribution in [1.29, 1.82) is 0 Å². The van der Waals surface area contributed by atoms with Crippen LogP contribution in [0, 0.1) is 0 Å². The molecule has 1 heterocycles. The third-order valence-corrected chi connectivity index (χ3v) is 5.40. The highest BCUT2D eigenvalue weighted by Gasteiger charge is 2.48. The summed E-state index contributed by atoms with van der Waals surface area (Å²) in [4.78, 5) is 2.76. The molecule has 3 aliphatic rings. The normalized spacial score (nSPS) is 31.3. The third-order valence-electron chi connectivity index (χ3n) is 5.40. The topological polar surface area (TPSA) is 15.3 Å². The Morgan fingerprint density at radius 3 is 2.35 bits per heavy atom. The molecule has 1 saturated heterocycles. The van der Waals surface area contributed by atoms with Crippen LogP contribution in [0.2, 0.25) is 0 Å². The Kier molecular flexibility index (Phi) is 3.04. The van der Waals surface area contributed by atoms with E-state index in [0.29, 0.717) is 11.1 Å². The second kappa shape index (κ2) is 4.40.